The minimum Gasteiger partial charge on any atom is -0.444 e. The number of hydrogen-bond acceptors (Lipinski definition) is 3. The molecule has 1 N–H and O–H groups in total. The van der Waals surface area contributed by atoms with Crippen molar-refractivity contribution in [3.05, 3.63) is 0 Å². The van der Waals surface area contributed by atoms with Crippen molar-refractivity contribution in [2.75, 3.05) is 19.6 Å². The molecule has 0 saturated carbocycles. The molecule has 0 spiro atoms. The quantitative estimate of drug-likeness (QED) is 0.801. The van der Waals surface area contributed by atoms with Crippen LogP contribution in [0.25, 0.3) is 0 Å². The molecule has 0 rings (SSSR count). The summed E-state index contributed by atoms with van der Waals surface area (Å²) >= 11 is 0. The molecule has 0 aromatic rings. The summed E-state index contributed by atoms with van der Waals surface area (Å²) in [4.78, 5) is 24.3. The van der Waals surface area contributed by atoms with Crippen molar-refractivity contribution in [3.8, 4) is 0 Å². The minimum absolute atomic E-state index is 0.0258. The van der Waals surface area contributed by atoms with Gasteiger partial charge in [-0.3, -0.25) is 4.79 Å². The van der Waals surface area contributed by atoms with Crippen LogP contribution >= 0.6 is 0 Å². The van der Waals surface area contributed by atoms with Gasteiger partial charge in [-0.15, -0.1) is 0 Å². The Balaban J connectivity index is 3.88. The van der Waals surface area contributed by atoms with Gasteiger partial charge in [-0.25, -0.2) is 4.79 Å². The van der Waals surface area contributed by atoms with E-state index in [1.165, 1.54) is 6.92 Å². The molecule has 5 nitrogen and oxygen atoms in total. The molecule has 2 amide bonds. The number of carbonyl (C=O) groups excluding carboxylic acids is 2. The fourth-order valence-electron chi connectivity index (χ4n) is 1.30. The highest BCUT2D eigenvalue weighted by Crippen LogP contribution is 2.06. The molecule has 0 aromatic heterocycles. The second-order valence-corrected chi connectivity index (χ2v) is 4.93. The Hall–Kier alpha value is -1.26. The number of nitrogens with zero attached hydrogens (tertiary/aromatic N) is 1. The first-order valence-corrected chi connectivity index (χ1v) is 5.98. The third-order valence-electron chi connectivity index (χ3n) is 1.99. The van der Waals surface area contributed by atoms with Crippen molar-refractivity contribution in [2.24, 2.45) is 0 Å². The largest absolute Gasteiger partial charge is 0.444 e. The van der Waals surface area contributed by atoms with Gasteiger partial charge in [0.15, 0.2) is 0 Å². The van der Waals surface area contributed by atoms with E-state index in [1.54, 1.807) is 4.90 Å². The van der Waals surface area contributed by atoms with Gasteiger partial charge in [0.1, 0.15) is 5.60 Å². The van der Waals surface area contributed by atoms with Crippen LogP contribution in [0.4, 0.5) is 4.79 Å². The van der Waals surface area contributed by atoms with Crippen LogP contribution in [0.15, 0.2) is 0 Å². The molecule has 0 radical (unpaired) electrons. The Bertz CT molecular complexity index is 259. The molecule has 5 heteroatoms. The van der Waals surface area contributed by atoms with Crippen LogP contribution in [0.3, 0.4) is 0 Å². The normalized spacial score (nSPS) is 10.9. The molecule has 0 heterocycles. The molecule has 0 bridgehead atoms. The molecule has 0 aromatic carbocycles. The van der Waals surface area contributed by atoms with E-state index in [0.29, 0.717) is 19.6 Å². The van der Waals surface area contributed by atoms with Crippen LogP contribution in [-0.2, 0) is 9.53 Å². The van der Waals surface area contributed by atoms with E-state index < -0.39 is 11.7 Å². The van der Waals surface area contributed by atoms with Crippen molar-refractivity contribution in [2.45, 2.75) is 46.6 Å². The number of carbonyl (C=O) groups is 2. The summed E-state index contributed by atoms with van der Waals surface area (Å²) in [7, 11) is 0. The maximum absolute atomic E-state index is 11.3. The number of ether oxygens (including phenoxy) is 1. The van der Waals surface area contributed by atoms with Gasteiger partial charge in [-0.05, 0) is 27.2 Å². The molecule has 100 valence electrons. The maximum Gasteiger partial charge on any atom is 0.407 e. The van der Waals surface area contributed by atoms with E-state index in [9.17, 15) is 9.59 Å². The topological polar surface area (TPSA) is 58.6 Å². The first kappa shape index (κ1) is 15.7. The smallest absolute Gasteiger partial charge is 0.407 e. The fraction of sp³-hybridized carbons (Fsp3) is 0.833. The number of amides is 2. The summed E-state index contributed by atoms with van der Waals surface area (Å²) in [5, 5.41) is 2.63. The fourth-order valence-corrected chi connectivity index (χ4v) is 1.30. The third kappa shape index (κ3) is 8.54. The highest BCUT2D eigenvalue weighted by molar-refractivity contribution is 5.73. The standard InChI is InChI=1S/C12H24N2O3/c1-6-8-14(10(2)15)9-7-13-11(16)17-12(3,4)5/h6-9H2,1-5H3,(H,13,16). The van der Waals surface area contributed by atoms with Gasteiger partial charge in [0.2, 0.25) is 5.91 Å². The zero-order chi connectivity index (χ0) is 13.5. The van der Waals surface area contributed by atoms with E-state index in [2.05, 4.69) is 5.32 Å². The molecule has 0 atom stereocenters. The summed E-state index contributed by atoms with van der Waals surface area (Å²) in [6.07, 6.45) is 0.462. The highest BCUT2D eigenvalue weighted by Gasteiger charge is 2.16. The van der Waals surface area contributed by atoms with Gasteiger partial charge >= 0.3 is 6.09 Å². The highest BCUT2D eigenvalue weighted by atomic mass is 16.6. The zero-order valence-electron chi connectivity index (χ0n) is 11.5. The summed E-state index contributed by atoms with van der Waals surface area (Å²) < 4.78 is 5.09. The number of rotatable bonds is 5. The van der Waals surface area contributed by atoms with Crippen LogP contribution in [0.2, 0.25) is 0 Å². The molecule has 0 aliphatic heterocycles. The number of hydrogen-bond donors (Lipinski definition) is 1. The Morgan fingerprint density at radius 1 is 1.24 bits per heavy atom. The predicted molar refractivity (Wildman–Crippen MR) is 66.8 cm³/mol. The summed E-state index contributed by atoms with van der Waals surface area (Å²) in [5.74, 6) is 0.0258. The van der Waals surface area contributed by atoms with Crippen LogP contribution in [-0.4, -0.2) is 42.1 Å². The van der Waals surface area contributed by atoms with E-state index in [-0.39, 0.29) is 5.91 Å². The van der Waals surface area contributed by atoms with Crippen LogP contribution in [0.5, 0.6) is 0 Å². The molecule has 0 aliphatic rings. The minimum atomic E-state index is -0.492. The Morgan fingerprint density at radius 3 is 2.24 bits per heavy atom. The summed E-state index contributed by atoms with van der Waals surface area (Å²) in [6, 6.07) is 0. The molecule has 0 unspecified atom stereocenters. The molecule has 0 aliphatic carbocycles. The molecular weight excluding hydrogens is 220 g/mol. The SMILES string of the molecule is CCCN(CCNC(=O)OC(C)(C)C)C(C)=O. The predicted octanol–water partition coefficient (Wildman–Crippen LogP) is 1.77. The monoisotopic (exact) mass is 244 g/mol. The lowest BCUT2D eigenvalue weighted by molar-refractivity contribution is -0.128. The lowest BCUT2D eigenvalue weighted by Crippen LogP contribution is -2.39. The van der Waals surface area contributed by atoms with Gasteiger partial charge in [0, 0.05) is 26.6 Å². The molecule has 0 saturated heterocycles. The maximum atomic E-state index is 11.3. The van der Waals surface area contributed by atoms with Crippen molar-refractivity contribution >= 4 is 12.0 Å². The molecule has 17 heavy (non-hydrogen) atoms. The van der Waals surface area contributed by atoms with Crippen LogP contribution in [0.1, 0.15) is 41.0 Å². The molecule has 0 fully saturated rings. The van der Waals surface area contributed by atoms with Gasteiger partial charge in [0.25, 0.3) is 0 Å². The van der Waals surface area contributed by atoms with E-state index in [4.69, 9.17) is 4.74 Å². The second kappa shape index (κ2) is 7.14. The number of alkyl carbamates (subject to hydrolysis) is 1. The average Bonchev–Trinajstić information content (AvgIpc) is 2.13. The van der Waals surface area contributed by atoms with Crippen molar-refractivity contribution in [1.82, 2.24) is 10.2 Å². The Labute approximate surface area is 103 Å². The number of nitrogens with one attached hydrogen (secondary N) is 1. The third-order valence-corrected chi connectivity index (χ3v) is 1.99. The van der Waals surface area contributed by atoms with Gasteiger partial charge in [-0.2, -0.15) is 0 Å². The first-order chi connectivity index (χ1) is 7.76. The summed E-state index contributed by atoms with van der Waals surface area (Å²) in [6.45, 7) is 10.6. The van der Waals surface area contributed by atoms with E-state index >= 15 is 0 Å². The van der Waals surface area contributed by atoms with E-state index in [0.717, 1.165) is 6.42 Å². The van der Waals surface area contributed by atoms with Crippen molar-refractivity contribution in [3.63, 3.8) is 0 Å². The van der Waals surface area contributed by atoms with Crippen molar-refractivity contribution in [1.29, 1.82) is 0 Å². The van der Waals surface area contributed by atoms with Gasteiger partial charge in [0.05, 0.1) is 0 Å². The lowest BCUT2D eigenvalue weighted by Gasteiger charge is -2.22. The second-order valence-electron chi connectivity index (χ2n) is 4.93. The van der Waals surface area contributed by atoms with E-state index in [1.807, 2.05) is 27.7 Å². The van der Waals surface area contributed by atoms with Crippen LogP contribution < -0.4 is 5.32 Å². The molecular formula is C12H24N2O3. The van der Waals surface area contributed by atoms with Crippen LogP contribution in [0, 0.1) is 0 Å². The first-order valence-electron chi connectivity index (χ1n) is 5.98. The van der Waals surface area contributed by atoms with Gasteiger partial charge in [-0.1, -0.05) is 6.92 Å². The summed E-state index contributed by atoms with van der Waals surface area (Å²) in [5.41, 5.74) is -0.492. The Kier molecular flexibility index (Phi) is 6.61. The zero-order valence-corrected chi connectivity index (χ0v) is 11.5. The lowest BCUT2D eigenvalue weighted by atomic mass is 10.2. The average molecular weight is 244 g/mol. The van der Waals surface area contributed by atoms with Gasteiger partial charge < -0.3 is 15.0 Å². The van der Waals surface area contributed by atoms with Crippen molar-refractivity contribution < 1.29 is 14.3 Å². The Morgan fingerprint density at radius 2 is 1.82 bits per heavy atom.